The molecule has 0 unspecified atom stereocenters. The number of fused-ring (bicyclic) bond motifs is 1. The second-order valence-electron chi connectivity index (χ2n) is 10.6. The summed E-state index contributed by atoms with van der Waals surface area (Å²) in [5.74, 6) is 1.79. The molecule has 1 N–H and O–H groups in total. The average Bonchev–Trinajstić information content (AvgIpc) is 3.09. The fourth-order valence-electron chi connectivity index (χ4n) is 5.05. The highest BCUT2D eigenvalue weighted by molar-refractivity contribution is 5.76. The molecule has 3 atom stereocenters. The number of hydrogen-bond donors (Lipinski definition) is 1. The van der Waals surface area contributed by atoms with Gasteiger partial charge in [-0.3, -0.25) is 9.69 Å². The van der Waals surface area contributed by atoms with E-state index in [-0.39, 0.29) is 5.91 Å². The maximum Gasteiger partial charge on any atom is 0.223 e. The molecule has 8 nitrogen and oxygen atoms in total. The molecule has 188 valence electrons. The number of carbonyl (C=O) groups is 1. The third kappa shape index (κ3) is 7.01. The number of carbonyl (C=O) groups excluding carboxylic acids is 1. The van der Waals surface area contributed by atoms with Gasteiger partial charge in [0.25, 0.3) is 0 Å². The molecule has 1 amide bonds. The number of β-amino-alcohol motifs (C(OH)–C–C–N with tert-alkyl or cyclic N) is 1. The summed E-state index contributed by atoms with van der Waals surface area (Å²) < 4.78 is 16.6. The molecular formula is C25H43N3O5. The monoisotopic (exact) mass is 465 g/mol. The summed E-state index contributed by atoms with van der Waals surface area (Å²) in [6.07, 6.45) is 2.88. The van der Waals surface area contributed by atoms with E-state index < -0.39 is 11.5 Å². The number of ether oxygens (including phenoxy) is 2. The normalized spacial score (nSPS) is 28.0. The van der Waals surface area contributed by atoms with E-state index >= 15 is 0 Å². The van der Waals surface area contributed by atoms with Crippen molar-refractivity contribution in [1.29, 1.82) is 0 Å². The van der Waals surface area contributed by atoms with Gasteiger partial charge in [0.2, 0.25) is 5.91 Å². The molecule has 0 aromatic carbocycles. The van der Waals surface area contributed by atoms with Gasteiger partial charge >= 0.3 is 0 Å². The number of aliphatic hydroxyl groups is 1. The largest absolute Gasteiger partial charge is 0.391 e. The Morgan fingerprint density at radius 2 is 2.00 bits per heavy atom. The van der Waals surface area contributed by atoms with Crippen LogP contribution < -0.4 is 0 Å². The van der Waals surface area contributed by atoms with Crippen LogP contribution in [0.3, 0.4) is 0 Å². The van der Waals surface area contributed by atoms with E-state index in [0.29, 0.717) is 51.2 Å². The standard InChI is InChI=1S/C25H43N3O5/c1-18-22(19(2)33-26-18)15-27-9-8-20-13-24(30)28(10-12-31-5)16-23(29)25(3,4)17-32-11-6-7-21(20)14-27/h20-21,23,29H,6-17H2,1-5H3/t20-,21-,23-/m0/s1. The summed E-state index contributed by atoms with van der Waals surface area (Å²) in [6.45, 7) is 13.2. The number of aliphatic hydroxyl groups excluding tert-OH is 1. The summed E-state index contributed by atoms with van der Waals surface area (Å²) in [7, 11) is 1.64. The van der Waals surface area contributed by atoms with Crippen LogP contribution in [0.25, 0.3) is 0 Å². The van der Waals surface area contributed by atoms with Gasteiger partial charge in [-0.2, -0.15) is 0 Å². The first-order valence-electron chi connectivity index (χ1n) is 12.4. The molecule has 0 aliphatic carbocycles. The predicted octanol–water partition coefficient (Wildman–Crippen LogP) is 2.79. The topological polar surface area (TPSA) is 88.3 Å². The van der Waals surface area contributed by atoms with Gasteiger partial charge < -0.3 is 24.0 Å². The lowest BCUT2D eigenvalue weighted by Crippen LogP contribution is -2.47. The van der Waals surface area contributed by atoms with Crippen LogP contribution in [0.1, 0.15) is 56.5 Å². The Kier molecular flexibility index (Phi) is 9.33. The van der Waals surface area contributed by atoms with E-state index in [1.54, 1.807) is 12.0 Å². The fourth-order valence-corrected chi connectivity index (χ4v) is 5.05. The molecule has 8 heteroatoms. The van der Waals surface area contributed by atoms with E-state index in [2.05, 4.69) is 10.1 Å². The summed E-state index contributed by atoms with van der Waals surface area (Å²) in [5.41, 5.74) is 1.72. The Hall–Kier alpha value is -1.48. The zero-order valence-electron chi connectivity index (χ0n) is 21.1. The highest BCUT2D eigenvalue weighted by atomic mass is 16.5. The number of nitrogens with zero attached hydrogens (tertiary/aromatic N) is 3. The molecule has 1 aromatic rings. The van der Waals surface area contributed by atoms with Gasteiger partial charge in [-0.1, -0.05) is 19.0 Å². The van der Waals surface area contributed by atoms with E-state index in [0.717, 1.165) is 50.4 Å². The van der Waals surface area contributed by atoms with E-state index in [1.165, 1.54) is 5.56 Å². The van der Waals surface area contributed by atoms with Crippen molar-refractivity contribution in [2.45, 2.75) is 66.0 Å². The number of piperidine rings is 1. The number of methoxy groups -OCH3 is 1. The summed E-state index contributed by atoms with van der Waals surface area (Å²) >= 11 is 0. The maximum atomic E-state index is 13.4. The van der Waals surface area contributed by atoms with Crippen LogP contribution in [0.4, 0.5) is 0 Å². The molecule has 0 spiro atoms. The Morgan fingerprint density at radius 1 is 1.21 bits per heavy atom. The first-order chi connectivity index (χ1) is 15.7. The number of aromatic nitrogens is 1. The van der Waals surface area contributed by atoms with Gasteiger partial charge in [0.05, 0.1) is 25.0 Å². The van der Waals surface area contributed by atoms with Gasteiger partial charge in [-0.25, -0.2) is 0 Å². The lowest BCUT2D eigenvalue weighted by molar-refractivity contribution is -0.137. The Morgan fingerprint density at radius 3 is 2.70 bits per heavy atom. The zero-order chi connectivity index (χ0) is 24.0. The van der Waals surface area contributed by atoms with Crippen molar-refractivity contribution >= 4 is 5.91 Å². The number of aryl methyl sites for hydroxylation is 2. The zero-order valence-corrected chi connectivity index (χ0v) is 21.1. The van der Waals surface area contributed by atoms with Crippen molar-refractivity contribution < 1.29 is 23.9 Å². The van der Waals surface area contributed by atoms with Gasteiger partial charge in [0, 0.05) is 57.3 Å². The highest BCUT2D eigenvalue weighted by Crippen LogP contribution is 2.33. The van der Waals surface area contributed by atoms with Crippen LogP contribution in [0, 0.1) is 31.1 Å². The third-order valence-corrected chi connectivity index (χ3v) is 7.53. The van der Waals surface area contributed by atoms with Gasteiger partial charge in [-0.15, -0.1) is 0 Å². The van der Waals surface area contributed by atoms with Crippen molar-refractivity contribution in [3.8, 4) is 0 Å². The maximum absolute atomic E-state index is 13.4. The van der Waals surface area contributed by atoms with Crippen molar-refractivity contribution in [2.75, 3.05) is 53.1 Å². The average molecular weight is 466 g/mol. The molecule has 33 heavy (non-hydrogen) atoms. The van der Waals surface area contributed by atoms with Crippen LogP contribution in [0.5, 0.6) is 0 Å². The van der Waals surface area contributed by atoms with Crippen LogP contribution in [0.15, 0.2) is 4.52 Å². The minimum absolute atomic E-state index is 0.122. The van der Waals surface area contributed by atoms with Crippen molar-refractivity contribution in [1.82, 2.24) is 15.0 Å². The first kappa shape index (κ1) is 26.1. The van der Waals surface area contributed by atoms with Gasteiger partial charge in [-0.05, 0) is 51.5 Å². The molecule has 0 radical (unpaired) electrons. The SMILES string of the molecule is COCCN1C[C@H](O)C(C)(C)COCCC[C@H]2CN(Cc3c(C)noc3C)CC[C@H]2CC1=O. The minimum atomic E-state index is -0.647. The molecule has 2 saturated heterocycles. The molecular weight excluding hydrogens is 422 g/mol. The Balaban J connectivity index is 1.72. The number of hydrogen-bond acceptors (Lipinski definition) is 7. The lowest BCUT2D eigenvalue weighted by atomic mass is 9.80. The van der Waals surface area contributed by atoms with Gasteiger partial charge in [0.15, 0.2) is 0 Å². The second kappa shape index (κ2) is 11.8. The molecule has 2 aliphatic heterocycles. The van der Waals surface area contributed by atoms with Crippen molar-refractivity contribution in [3.05, 3.63) is 17.0 Å². The van der Waals surface area contributed by atoms with Crippen molar-refractivity contribution in [3.63, 3.8) is 0 Å². The molecule has 2 fully saturated rings. The van der Waals surface area contributed by atoms with E-state index in [1.807, 2.05) is 27.7 Å². The second-order valence-corrected chi connectivity index (χ2v) is 10.6. The summed E-state index contributed by atoms with van der Waals surface area (Å²) in [6, 6.07) is 0. The molecule has 3 heterocycles. The molecule has 0 saturated carbocycles. The van der Waals surface area contributed by atoms with Crippen LogP contribution >= 0.6 is 0 Å². The summed E-state index contributed by atoms with van der Waals surface area (Å²) in [4.78, 5) is 17.6. The number of likely N-dealkylation sites (tertiary alicyclic amines) is 1. The minimum Gasteiger partial charge on any atom is -0.391 e. The predicted molar refractivity (Wildman–Crippen MR) is 126 cm³/mol. The summed E-state index contributed by atoms with van der Waals surface area (Å²) in [5, 5.41) is 15.0. The number of rotatable bonds is 5. The van der Waals surface area contributed by atoms with Crippen LogP contribution in [-0.2, 0) is 20.8 Å². The number of amides is 1. The fraction of sp³-hybridized carbons (Fsp3) is 0.840. The van der Waals surface area contributed by atoms with Crippen LogP contribution in [0.2, 0.25) is 0 Å². The lowest BCUT2D eigenvalue weighted by Gasteiger charge is -2.39. The highest BCUT2D eigenvalue weighted by Gasteiger charge is 2.35. The van der Waals surface area contributed by atoms with Gasteiger partial charge in [0.1, 0.15) is 5.76 Å². The first-order valence-corrected chi connectivity index (χ1v) is 12.4. The molecule has 0 bridgehead atoms. The molecule has 3 rings (SSSR count). The van der Waals surface area contributed by atoms with Crippen molar-refractivity contribution in [2.24, 2.45) is 17.3 Å². The quantitative estimate of drug-likeness (QED) is 0.715. The Labute approximate surface area is 198 Å². The van der Waals surface area contributed by atoms with E-state index in [4.69, 9.17) is 14.0 Å². The Bertz CT molecular complexity index is 746. The van der Waals surface area contributed by atoms with Crippen LogP contribution in [-0.4, -0.2) is 85.2 Å². The smallest absolute Gasteiger partial charge is 0.223 e. The molecule has 1 aromatic heterocycles. The van der Waals surface area contributed by atoms with E-state index in [9.17, 15) is 9.90 Å². The molecule has 2 aliphatic rings. The third-order valence-electron chi connectivity index (χ3n) is 7.53.